The van der Waals surface area contributed by atoms with E-state index in [-0.39, 0.29) is 0 Å². The highest BCUT2D eigenvalue weighted by Gasteiger charge is 2.22. The van der Waals surface area contributed by atoms with Crippen LogP contribution in [0.2, 0.25) is 0 Å². The lowest BCUT2D eigenvalue weighted by Crippen LogP contribution is -2.13. The maximum Gasteiger partial charge on any atom is 0.112 e. The van der Waals surface area contributed by atoms with E-state index < -0.39 is 0 Å². The van der Waals surface area contributed by atoms with Crippen molar-refractivity contribution in [3.05, 3.63) is 18.2 Å². The molecule has 1 aliphatic carbocycles. The molecular weight excluding hydrogens is 124 g/mol. The second kappa shape index (κ2) is 2.11. The number of imidazole rings is 1. The molecule has 0 atom stereocenters. The van der Waals surface area contributed by atoms with Gasteiger partial charge in [-0.2, -0.15) is 0 Å². The Morgan fingerprint density at radius 1 is 1.70 bits per heavy atom. The molecule has 1 saturated carbocycles. The second-order valence-corrected chi connectivity index (χ2v) is 2.93. The minimum atomic E-state index is 0.733. The molecule has 53 valence electrons. The van der Waals surface area contributed by atoms with Crippen LogP contribution in [0.4, 0.5) is 0 Å². The van der Waals surface area contributed by atoms with Crippen molar-refractivity contribution in [2.24, 2.45) is 7.05 Å². The molecule has 2 nitrogen and oxygen atoms in total. The summed E-state index contributed by atoms with van der Waals surface area (Å²) in [6.45, 7) is 0. The Labute approximate surface area is 60.9 Å². The Bertz CT molecular complexity index is 223. The van der Waals surface area contributed by atoms with E-state index in [1.807, 2.05) is 11.6 Å². The summed E-state index contributed by atoms with van der Waals surface area (Å²) in [6.07, 6.45) is 8.79. The van der Waals surface area contributed by atoms with Crippen LogP contribution in [0.1, 0.15) is 31.0 Å². The first-order valence-corrected chi connectivity index (χ1v) is 3.77. The summed E-state index contributed by atoms with van der Waals surface area (Å²) in [5, 5.41) is 0. The van der Waals surface area contributed by atoms with Gasteiger partial charge < -0.3 is 4.57 Å². The van der Waals surface area contributed by atoms with E-state index >= 15 is 0 Å². The van der Waals surface area contributed by atoms with Gasteiger partial charge in [0.25, 0.3) is 0 Å². The molecule has 10 heavy (non-hydrogen) atoms. The van der Waals surface area contributed by atoms with Crippen molar-refractivity contribution in [2.45, 2.75) is 25.2 Å². The zero-order valence-electron chi connectivity index (χ0n) is 6.17. The van der Waals surface area contributed by atoms with Crippen LogP contribution in [-0.2, 0) is 7.05 Å². The van der Waals surface area contributed by atoms with E-state index in [4.69, 9.17) is 0 Å². The van der Waals surface area contributed by atoms with Crippen molar-refractivity contribution >= 4 is 0 Å². The van der Waals surface area contributed by atoms with Gasteiger partial charge in [0.15, 0.2) is 0 Å². The highest BCUT2D eigenvalue weighted by atomic mass is 15.0. The molecule has 1 aromatic heterocycles. The second-order valence-electron chi connectivity index (χ2n) is 2.93. The Morgan fingerprint density at radius 3 is 2.90 bits per heavy atom. The van der Waals surface area contributed by atoms with Crippen LogP contribution in [0.15, 0.2) is 6.20 Å². The molecule has 0 amide bonds. The van der Waals surface area contributed by atoms with Gasteiger partial charge in [0, 0.05) is 13.0 Å². The van der Waals surface area contributed by atoms with Crippen LogP contribution in [0.25, 0.3) is 0 Å². The number of rotatable bonds is 1. The van der Waals surface area contributed by atoms with Crippen molar-refractivity contribution in [3.8, 4) is 0 Å². The summed E-state index contributed by atoms with van der Waals surface area (Å²) >= 11 is 0. The summed E-state index contributed by atoms with van der Waals surface area (Å²) in [6, 6.07) is 0. The number of hydrogen-bond donors (Lipinski definition) is 0. The van der Waals surface area contributed by atoms with Gasteiger partial charge in [-0.15, -0.1) is 0 Å². The average molecular weight is 135 g/mol. The molecule has 0 aromatic carbocycles. The first-order valence-electron chi connectivity index (χ1n) is 3.77. The van der Waals surface area contributed by atoms with Crippen LogP contribution in [0.3, 0.4) is 0 Å². The molecule has 0 bridgehead atoms. The van der Waals surface area contributed by atoms with Crippen molar-refractivity contribution in [1.82, 2.24) is 9.55 Å². The fourth-order valence-electron chi connectivity index (χ4n) is 1.38. The Hall–Kier alpha value is -0.790. The lowest BCUT2D eigenvalue weighted by atomic mass is 9.85. The maximum atomic E-state index is 4.25. The highest BCUT2D eigenvalue weighted by molar-refractivity contribution is 5.02. The van der Waals surface area contributed by atoms with Gasteiger partial charge in [0.2, 0.25) is 0 Å². The number of hydrogen-bond acceptors (Lipinski definition) is 1. The van der Waals surface area contributed by atoms with Gasteiger partial charge in [-0.25, -0.2) is 4.98 Å². The predicted octanol–water partition coefficient (Wildman–Crippen LogP) is 1.49. The predicted molar refractivity (Wildman–Crippen MR) is 38.6 cm³/mol. The highest BCUT2D eigenvalue weighted by Crippen LogP contribution is 2.34. The van der Waals surface area contributed by atoms with Crippen molar-refractivity contribution in [2.75, 3.05) is 0 Å². The van der Waals surface area contributed by atoms with E-state index in [0.717, 1.165) is 5.92 Å². The van der Waals surface area contributed by atoms with Gasteiger partial charge in [0.1, 0.15) is 5.82 Å². The zero-order chi connectivity index (χ0) is 6.97. The largest absolute Gasteiger partial charge is 0.330 e. The van der Waals surface area contributed by atoms with Crippen LogP contribution >= 0.6 is 0 Å². The van der Waals surface area contributed by atoms with Gasteiger partial charge in [0.05, 0.1) is 12.4 Å². The van der Waals surface area contributed by atoms with E-state index in [9.17, 15) is 0 Å². The van der Waals surface area contributed by atoms with Crippen molar-refractivity contribution in [1.29, 1.82) is 0 Å². The smallest absolute Gasteiger partial charge is 0.112 e. The van der Waals surface area contributed by atoms with Gasteiger partial charge in [-0.1, -0.05) is 6.42 Å². The minimum absolute atomic E-state index is 0.733. The quantitative estimate of drug-likeness (QED) is 0.570. The zero-order valence-corrected chi connectivity index (χ0v) is 6.17. The first-order chi connectivity index (χ1) is 4.88. The monoisotopic (exact) mass is 135 g/mol. The van der Waals surface area contributed by atoms with E-state index in [0.29, 0.717) is 0 Å². The molecule has 2 rings (SSSR count). The summed E-state index contributed by atoms with van der Waals surface area (Å²) in [5.74, 6) is 1.95. The summed E-state index contributed by atoms with van der Waals surface area (Å²) in [5.41, 5.74) is 0. The fourth-order valence-corrected chi connectivity index (χ4v) is 1.38. The molecule has 0 N–H and O–H groups in total. The fraction of sp³-hybridized carbons (Fsp3) is 0.625. The Balaban J connectivity index is 2.23. The molecule has 0 unspecified atom stereocenters. The van der Waals surface area contributed by atoms with Crippen molar-refractivity contribution in [3.63, 3.8) is 0 Å². The van der Waals surface area contributed by atoms with Gasteiger partial charge in [-0.3, -0.25) is 0 Å². The lowest BCUT2D eigenvalue weighted by molar-refractivity contribution is 0.393. The van der Waals surface area contributed by atoms with Gasteiger partial charge >= 0.3 is 0 Å². The van der Waals surface area contributed by atoms with Crippen LogP contribution in [0, 0.1) is 6.20 Å². The average Bonchev–Trinajstić information content (AvgIpc) is 2.12. The van der Waals surface area contributed by atoms with Crippen LogP contribution < -0.4 is 0 Å². The molecule has 2 heteroatoms. The number of aromatic nitrogens is 2. The summed E-state index contributed by atoms with van der Waals surface area (Å²) < 4.78 is 2.00. The number of aryl methyl sites for hydroxylation is 1. The minimum Gasteiger partial charge on any atom is -0.330 e. The number of nitrogens with zero attached hydrogens (tertiary/aromatic N) is 2. The third-order valence-electron chi connectivity index (χ3n) is 2.26. The maximum absolute atomic E-state index is 4.25. The molecule has 1 fully saturated rings. The third-order valence-corrected chi connectivity index (χ3v) is 2.26. The van der Waals surface area contributed by atoms with Gasteiger partial charge in [-0.05, 0) is 12.8 Å². The summed E-state index contributed by atoms with van der Waals surface area (Å²) in [7, 11) is 2.01. The molecular formula is C8H11N2. The molecule has 1 radical (unpaired) electrons. The first kappa shape index (κ1) is 5.96. The molecule has 1 aliphatic rings. The molecule has 1 heterocycles. The van der Waals surface area contributed by atoms with E-state index in [2.05, 4.69) is 11.2 Å². The molecule has 0 spiro atoms. The van der Waals surface area contributed by atoms with E-state index in [1.165, 1.54) is 25.1 Å². The topological polar surface area (TPSA) is 17.8 Å². The molecule has 1 aromatic rings. The summed E-state index contributed by atoms with van der Waals surface area (Å²) in [4.78, 5) is 4.25. The SMILES string of the molecule is Cn1[c]cnc1C1CCC1. The third kappa shape index (κ3) is 0.753. The Kier molecular flexibility index (Phi) is 1.26. The van der Waals surface area contributed by atoms with Crippen LogP contribution in [-0.4, -0.2) is 9.55 Å². The van der Waals surface area contributed by atoms with E-state index in [1.54, 1.807) is 6.20 Å². The molecule has 0 saturated heterocycles. The normalized spacial score (nSPS) is 18.9. The van der Waals surface area contributed by atoms with Crippen molar-refractivity contribution < 1.29 is 0 Å². The standard InChI is InChI=1S/C8H11N2/c1-10-6-5-9-8(10)7-3-2-4-7/h5,7H,2-4H2,1H3. The Morgan fingerprint density at radius 2 is 2.50 bits per heavy atom. The van der Waals surface area contributed by atoms with Crippen LogP contribution in [0.5, 0.6) is 0 Å². The lowest BCUT2D eigenvalue weighted by Gasteiger charge is -2.24. The molecule has 0 aliphatic heterocycles.